The summed E-state index contributed by atoms with van der Waals surface area (Å²) in [5.41, 5.74) is 6.58. The molecule has 1 aliphatic heterocycles. The number of carbonyl (C=O) groups excluding carboxylic acids is 1. The minimum absolute atomic E-state index is 0.0463. The molecule has 0 spiro atoms. The van der Waals surface area contributed by atoms with Crippen LogP contribution in [-0.2, 0) is 11.3 Å². The Kier molecular flexibility index (Phi) is 5.63. The first kappa shape index (κ1) is 21.3. The predicted molar refractivity (Wildman–Crippen MR) is 132 cm³/mol. The number of para-hydroxylation sites is 2. The van der Waals surface area contributed by atoms with E-state index in [1.54, 1.807) is 0 Å². The van der Waals surface area contributed by atoms with Crippen molar-refractivity contribution in [1.29, 1.82) is 0 Å². The molecule has 5 heteroatoms. The van der Waals surface area contributed by atoms with E-state index in [2.05, 4.69) is 61.7 Å². The second-order valence-electron chi connectivity index (χ2n) is 8.97. The van der Waals surface area contributed by atoms with E-state index in [1.807, 2.05) is 35.2 Å². The quantitative estimate of drug-likeness (QED) is 0.395. The Morgan fingerprint density at radius 2 is 1.73 bits per heavy atom. The molecule has 3 aromatic carbocycles. The molecule has 4 aromatic rings. The van der Waals surface area contributed by atoms with Crippen molar-refractivity contribution in [2.45, 2.75) is 39.7 Å². The van der Waals surface area contributed by atoms with Gasteiger partial charge in [0.15, 0.2) is 0 Å². The van der Waals surface area contributed by atoms with E-state index in [-0.39, 0.29) is 11.8 Å². The lowest BCUT2D eigenvalue weighted by molar-refractivity contribution is -0.117. The van der Waals surface area contributed by atoms with Crippen LogP contribution in [0, 0.1) is 20.8 Å². The molecular weight excluding hydrogens is 410 g/mol. The first-order chi connectivity index (χ1) is 16.0. The fourth-order valence-electron chi connectivity index (χ4n) is 4.75. The number of hydrogen-bond acceptors (Lipinski definition) is 3. The lowest BCUT2D eigenvalue weighted by atomic mass is 10.1. The van der Waals surface area contributed by atoms with Crippen LogP contribution in [0.5, 0.6) is 5.75 Å². The fraction of sp³-hybridized carbons (Fsp3) is 0.286. The zero-order chi connectivity index (χ0) is 22.9. The summed E-state index contributed by atoms with van der Waals surface area (Å²) < 4.78 is 8.24. The zero-order valence-corrected chi connectivity index (χ0v) is 19.4. The van der Waals surface area contributed by atoms with Crippen molar-refractivity contribution < 1.29 is 9.53 Å². The molecule has 1 aliphatic rings. The van der Waals surface area contributed by atoms with Crippen LogP contribution in [0.2, 0.25) is 0 Å². The van der Waals surface area contributed by atoms with Gasteiger partial charge in [0, 0.05) is 24.6 Å². The average molecular weight is 440 g/mol. The van der Waals surface area contributed by atoms with Crippen molar-refractivity contribution in [3.05, 3.63) is 89.2 Å². The molecule has 1 saturated heterocycles. The number of imidazole rings is 1. The summed E-state index contributed by atoms with van der Waals surface area (Å²) in [5, 5.41) is 0. The maximum absolute atomic E-state index is 13.0. The molecule has 0 bridgehead atoms. The monoisotopic (exact) mass is 439 g/mol. The number of benzene rings is 3. The molecule has 1 fully saturated rings. The second kappa shape index (κ2) is 8.74. The van der Waals surface area contributed by atoms with Gasteiger partial charge in [0.05, 0.1) is 17.6 Å². The summed E-state index contributed by atoms with van der Waals surface area (Å²) >= 11 is 0. The maximum Gasteiger partial charge on any atom is 0.227 e. The molecule has 5 rings (SSSR count). The Bertz CT molecular complexity index is 1310. The zero-order valence-electron chi connectivity index (χ0n) is 19.4. The first-order valence-corrected chi connectivity index (χ1v) is 11.5. The predicted octanol–water partition coefficient (Wildman–Crippen LogP) is 5.56. The van der Waals surface area contributed by atoms with Crippen molar-refractivity contribution in [2.75, 3.05) is 18.1 Å². The van der Waals surface area contributed by atoms with Gasteiger partial charge in [-0.25, -0.2) is 4.98 Å². The van der Waals surface area contributed by atoms with Crippen molar-refractivity contribution >= 4 is 22.6 Å². The van der Waals surface area contributed by atoms with Gasteiger partial charge >= 0.3 is 0 Å². The van der Waals surface area contributed by atoms with E-state index in [0.29, 0.717) is 26.1 Å². The number of rotatable bonds is 6. The van der Waals surface area contributed by atoms with Gasteiger partial charge in [0.1, 0.15) is 18.2 Å². The van der Waals surface area contributed by atoms with Crippen molar-refractivity contribution in [1.82, 2.24) is 9.55 Å². The van der Waals surface area contributed by atoms with Crippen LogP contribution in [-0.4, -0.2) is 28.6 Å². The number of nitrogens with zero attached hydrogens (tertiary/aromatic N) is 3. The average Bonchev–Trinajstić information content (AvgIpc) is 3.36. The Hall–Kier alpha value is -3.60. The number of amides is 1. The molecular formula is C28H29N3O2. The lowest BCUT2D eigenvalue weighted by Crippen LogP contribution is -2.25. The fourth-order valence-corrected chi connectivity index (χ4v) is 4.75. The Balaban J connectivity index is 1.40. The van der Waals surface area contributed by atoms with E-state index in [9.17, 15) is 4.79 Å². The molecule has 5 nitrogen and oxygen atoms in total. The molecule has 0 saturated carbocycles. The molecule has 1 amide bonds. The van der Waals surface area contributed by atoms with Crippen LogP contribution in [0.1, 0.15) is 34.9 Å². The first-order valence-electron chi connectivity index (χ1n) is 11.5. The van der Waals surface area contributed by atoms with Crippen molar-refractivity contribution in [3.8, 4) is 5.75 Å². The number of fused-ring (bicyclic) bond motifs is 1. The van der Waals surface area contributed by atoms with Crippen LogP contribution in [0.4, 0.5) is 5.69 Å². The van der Waals surface area contributed by atoms with Crippen molar-refractivity contribution in [2.24, 2.45) is 0 Å². The molecule has 0 radical (unpaired) electrons. The number of anilines is 1. The van der Waals surface area contributed by atoms with Crippen LogP contribution >= 0.6 is 0 Å². The Morgan fingerprint density at radius 1 is 0.970 bits per heavy atom. The van der Waals surface area contributed by atoms with Crippen LogP contribution in [0.15, 0.2) is 66.7 Å². The van der Waals surface area contributed by atoms with E-state index < -0.39 is 0 Å². The third kappa shape index (κ3) is 4.23. The third-order valence-corrected chi connectivity index (χ3v) is 6.42. The van der Waals surface area contributed by atoms with Gasteiger partial charge in [-0.05, 0) is 56.7 Å². The topological polar surface area (TPSA) is 47.4 Å². The standard InChI is InChI=1S/C28H29N3O2/c1-19-8-11-23(12-9-19)33-15-14-30-26-7-5-4-6-24(26)29-28(30)22-17-27(32)31(18-22)25-13-10-20(2)16-21(25)3/h4-13,16,22H,14-15,17-18H2,1-3H3/t22-/m0/s1. The summed E-state index contributed by atoms with van der Waals surface area (Å²) in [5.74, 6) is 2.03. The smallest absolute Gasteiger partial charge is 0.227 e. The highest BCUT2D eigenvalue weighted by Gasteiger charge is 2.35. The summed E-state index contributed by atoms with van der Waals surface area (Å²) in [6, 6.07) is 22.5. The highest BCUT2D eigenvalue weighted by molar-refractivity contribution is 5.97. The second-order valence-corrected chi connectivity index (χ2v) is 8.97. The maximum atomic E-state index is 13.0. The largest absolute Gasteiger partial charge is 0.492 e. The molecule has 1 atom stereocenters. The Morgan fingerprint density at radius 3 is 2.52 bits per heavy atom. The van der Waals surface area contributed by atoms with Crippen LogP contribution in [0.3, 0.4) is 0 Å². The van der Waals surface area contributed by atoms with Gasteiger partial charge in [0.25, 0.3) is 0 Å². The van der Waals surface area contributed by atoms with Crippen LogP contribution in [0.25, 0.3) is 11.0 Å². The number of aromatic nitrogens is 2. The molecule has 2 heterocycles. The number of aryl methyl sites for hydroxylation is 3. The molecule has 0 unspecified atom stereocenters. The summed E-state index contributed by atoms with van der Waals surface area (Å²) in [4.78, 5) is 19.9. The highest BCUT2D eigenvalue weighted by atomic mass is 16.5. The van der Waals surface area contributed by atoms with Gasteiger partial charge in [-0.1, -0.05) is 47.5 Å². The van der Waals surface area contributed by atoms with Gasteiger partial charge < -0.3 is 14.2 Å². The van der Waals surface area contributed by atoms with Crippen molar-refractivity contribution in [3.63, 3.8) is 0 Å². The normalized spacial score (nSPS) is 16.0. The molecule has 1 aromatic heterocycles. The van der Waals surface area contributed by atoms with Gasteiger partial charge in [-0.2, -0.15) is 0 Å². The Labute approximate surface area is 194 Å². The summed E-state index contributed by atoms with van der Waals surface area (Å²) in [6.45, 7) is 8.08. The molecule has 0 N–H and O–H groups in total. The van der Waals surface area contributed by atoms with E-state index in [1.165, 1.54) is 11.1 Å². The minimum Gasteiger partial charge on any atom is -0.492 e. The number of hydrogen-bond donors (Lipinski definition) is 0. The SMILES string of the molecule is Cc1ccc(OCCn2c([C@H]3CC(=O)N(c4ccc(C)cc4C)C3)nc3ccccc32)cc1. The van der Waals surface area contributed by atoms with E-state index in [4.69, 9.17) is 9.72 Å². The lowest BCUT2D eigenvalue weighted by Gasteiger charge is -2.20. The highest BCUT2D eigenvalue weighted by Crippen LogP contribution is 2.34. The molecule has 168 valence electrons. The van der Waals surface area contributed by atoms with Gasteiger partial charge in [0.2, 0.25) is 5.91 Å². The number of ether oxygens (including phenoxy) is 1. The molecule has 0 aliphatic carbocycles. The molecule has 33 heavy (non-hydrogen) atoms. The van der Waals surface area contributed by atoms with Gasteiger partial charge in [-0.3, -0.25) is 4.79 Å². The summed E-state index contributed by atoms with van der Waals surface area (Å²) in [7, 11) is 0. The summed E-state index contributed by atoms with van der Waals surface area (Å²) in [6.07, 6.45) is 0.468. The minimum atomic E-state index is 0.0463. The van der Waals surface area contributed by atoms with E-state index in [0.717, 1.165) is 33.9 Å². The van der Waals surface area contributed by atoms with Crippen LogP contribution < -0.4 is 9.64 Å². The van der Waals surface area contributed by atoms with E-state index >= 15 is 0 Å². The third-order valence-electron chi connectivity index (χ3n) is 6.42. The van der Waals surface area contributed by atoms with Gasteiger partial charge in [-0.15, -0.1) is 0 Å². The number of carbonyl (C=O) groups is 1.